The standard InChI is InChI=1S/C64H57ClN6O4/c1-2-3-33-60-66-62(65)57(46-75-61(72)41-37-47-36-40-58(73-44-49-21-9-4-10-22-49)59(42-47)74-45-50-23-11-5-12-24-50)70(60)43-48-34-38-51(39-35-48)55-31-19-20-32-56(55)63-67-69-71(68-63)64(52-25-13-6-14-26-52,53-27-15-7-16-28-53)54-29-17-8-18-30-54/h4-32,34-36,38-40,42H,2-3,33,37,41,43-46H2,1H3. The Balaban J connectivity index is 0.851. The van der Waals surface area contributed by atoms with E-state index in [9.17, 15) is 4.79 Å². The summed E-state index contributed by atoms with van der Waals surface area (Å²) in [7, 11) is 0. The van der Waals surface area contributed by atoms with Crippen LogP contribution in [-0.2, 0) is 54.3 Å². The van der Waals surface area contributed by atoms with E-state index in [1.165, 1.54) is 0 Å². The lowest BCUT2D eigenvalue weighted by Crippen LogP contribution is -2.39. The first-order chi connectivity index (χ1) is 37.0. The van der Waals surface area contributed by atoms with Crippen molar-refractivity contribution in [1.82, 2.24) is 29.8 Å². The van der Waals surface area contributed by atoms with E-state index in [1.54, 1.807) is 4.80 Å². The Morgan fingerprint density at radius 3 is 1.68 bits per heavy atom. The van der Waals surface area contributed by atoms with Gasteiger partial charge in [-0.25, -0.2) is 4.98 Å². The second kappa shape index (κ2) is 24.0. The van der Waals surface area contributed by atoms with Crippen molar-refractivity contribution >= 4 is 17.6 Å². The van der Waals surface area contributed by atoms with Gasteiger partial charge in [0.05, 0.1) is 5.69 Å². The van der Waals surface area contributed by atoms with Crippen LogP contribution in [0.25, 0.3) is 22.5 Å². The van der Waals surface area contributed by atoms with Crippen LogP contribution in [0.1, 0.15) is 76.6 Å². The Morgan fingerprint density at radius 1 is 0.560 bits per heavy atom. The van der Waals surface area contributed by atoms with Crippen molar-refractivity contribution in [2.45, 2.75) is 70.9 Å². The van der Waals surface area contributed by atoms with E-state index >= 15 is 0 Å². The molecule has 0 spiro atoms. The Morgan fingerprint density at radius 2 is 1.09 bits per heavy atom. The van der Waals surface area contributed by atoms with Gasteiger partial charge in [0, 0.05) is 24.9 Å². The fourth-order valence-electron chi connectivity index (χ4n) is 9.48. The van der Waals surface area contributed by atoms with Crippen LogP contribution in [0.2, 0.25) is 5.15 Å². The maximum Gasteiger partial charge on any atom is 0.306 e. The summed E-state index contributed by atoms with van der Waals surface area (Å²) >= 11 is 6.87. The normalized spacial score (nSPS) is 11.3. The molecule has 0 bridgehead atoms. The Labute approximate surface area is 443 Å². The second-order valence-corrected chi connectivity index (χ2v) is 18.8. The van der Waals surface area contributed by atoms with Gasteiger partial charge in [-0.05, 0) is 80.3 Å². The molecule has 10 rings (SSSR count). The third kappa shape index (κ3) is 11.6. The van der Waals surface area contributed by atoms with Gasteiger partial charge in [-0.2, -0.15) is 0 Å². The van der Waals surface area contributed by atoms with Gasteiger partial charge in [-0.1, -0.05) is 231 Å². The molecule has 0 saturated heterocycles. The molecule has 10 nitrogen and oxygen atoms in total. The molecule has 0 aliphatic rings. The lowest BCUT2D eigenvalue weighted by atomic mass is 9.77. The summed E-state index contributed by atoms with van der Waals surface area (Å²) in [6.07, 6.45) is 3.30. The number of esters is 1. The maximum atomic E-state index is 13.5. The fourth-order valence-corrected chi connectivity index (χ4v) is 9.74. The molecule has 0 fully saturated rings. The van der Waals surface area contributed by atoms with Crippen LogP contribution in [0.4, 0.5) is 0 Å². The predicted molar refractivity (Wildman–Crippen MR) is 294 cm³/mol. The molecule has 374 valence electrons. The fraction of sp³-hybridized carbons (Fsp3) is 0.172. The minimum Gasteiger partial charge on any atom is -0.485 e. The number of carbonyl (C=O) groups excluding carboxylic acids is 1. The number of unbranched alkanes of at least 4 members (excludes halogenated alkanes) is 1. The topological polar surface area (TPSA) is 106 Å². The number of halogens is 1. The van der Waals surface area contributed by atoms with Crippen molar-refractivity contribution in [3.05, 3.63) is 274 Å². The molecular weight excluding hydrogens is 952 g/mol. The van der Waals surface area contributed by atoms with Gasteiger partial charge in [0.25, 0.3) is 0 Å². The van der Waals surface area contributed by atoms with Crippen LogP contribution in [0.3, 0.4) is 0 Å². The largest absolute Gasteiger partial charge is 0.485 e. The van der Waals surface area contributed by atoms with Crippen molar-refractivity contribution in [3.8, 4) is 34.0 Å². The molecule has 0 atom stereocenters. The van der Waals surface area contributed by atoms with E-state index in [1.807, 2.05) is 152 Å². The van der Waals surface area contributed by atoms with Gasteiger partial charge in [-0.3, -0.25) is 4.79 Å². The van der Waals surface area contributed by atoms with Gasteiger partial charge in [0.2, 0.25) is 5.82 Å². The molecule has 0 aliphatic carbocycles. The van der Waals surface area contributed by atoms with Crippen LogP contribution < -0.4 is 9.47 Å². The van der Waals surface area contributed by atoms with Crippen LogP contribution >= 0.6 is 11.6 Å². The molecule has 8 aromatic carbocycles. The molecule has 0 radical (unpaired) electrons. The second-order valence-electron chi connectivity index (χ2n) is 18.4. The average molecular weight is 1010 g/mol. The molecule has 0 amide bonds. The number of imidazole rings is 1. The SMILES string of the molecule is CCCCc1nc(Cl)c(COC(=O)CCc2ccc(OCc3ccccc3)c(OCc3ccccc3)c2)n1Cc1ccc(-c2ccccc2-c2nnn(C(c3ccccc3)(c3ccccc3)c3ccccc3)n2)cc1. The van der Waals surface area contributed by atoms with Crippen molar-refractivity contribution in [1.29, 1.82) is 0 Å². The van der Waals surface area contributed by atoms with E-state index in [0.29, 0.717) is 54.3 Å². The quantitative estimate of drug-likeness (QED) is 0.0488. The highest BCUT2D eigenvalue weighted by Gasteiger charge is 2.41. The Bertz CT molecular complexity index is 3330. The van der Waals surface area contributed by atoms with Crippen molar-refractivity contribution in [3.63, 3.8) is 0 Å². The van der Waals surface area contributed by atoms with E-state index in [0.717, 1.165) is 80.7 Å². The summed E-state index contributed by atoms with van der Waals surface area (Å²) in [6, 6.07) is 73.5. The zero-order chi connectivity index (χ0) is 51.2. The highest BCUT2D eigenvalue weighted by atomic mass is 35.5. The van der Waals surface area contributed by atoms with Gasteiger partial charge < -0.3 is 18.8 Å². The van der Waals surface area contributed by atoms with Crippen LogP contribution in [0, 0.1) is 0 Å². The van der Waals surface area contributed by atoms with Gasteiger partial charge in [0.15, 0.2) is 22.2 Å². The molecule has 0 aliphatic heterocycles. The number of carbonyl (C=O) groups is 1. The lowest BCUT2D eigenvalue weighted by molar-refractivity contribution is -0.145. The van der Waals surface area contributed by atoms with Crippen molar-refractivity contribution < 1.29 is 19.0 Å². The van der Waals surface area contributed by atoms with E-state index < -0.39 is 5.54 Å². The van der Waals surface area contributed by atoms with Crippen LogP contribution in [0.15, 0.2) is 218 Å². The molecule has 10 aromatic rings. The zero-order valence-corrected chi connectivity index (χ0v) is 42.6. The lowest BCUT2D eigenvalue weighted by Gasteiger charge is -2.34. The summed E-state index contributed by atoms with van der Waals surface area (Å²) in [5.74, 6) is 2.27. The number of benzene rings is 8. The number of rotatable bonds is 22. The van der Waals surface area contributed by atoms with Gasteiger partial charge >= 0.3 is 5.97 Å². The Hall–Kier alpha value is -8.60. The van der Waals surface area contributed by atoms with Crippen LogP contribution in [-0.4, -0.2) is 35.7 Å². The minimum absolute atomic E-state index is 0.00621. The highest BCUT2D eigenvalue weighted by molar-refractivity contribution is 6.30. The maximum absolute atomic E-state index is 13.5. The first kappa shape index (κ1) is 50.0. The van der Waals surface area contributed by atoms with Crippen molar-refractivity contribution in [2.24, 2.45) is 0 Å². The van der Waals surface area contributed by atoms with E-state index in [4.69, 9.17) is 46.2 Å². The first-order valence-corrected chi connectivity index (χ1v) is 25.9. The third-order valence-corrected chi connectivity index (χ3v) is 13.7. The number of ether oxygens (including phenoxy) is 3. The summed E-state index contributed by atoms with van der Waals surface area (Å²) in [5, 5.41) is 15.1. The van der Waals surface area contributed by atoms with Gasteiger partial charge in [-0.15, -0.1) is 15.0 Å². The molecular formula is C64H57ClN6O4. The molecule has 75 heavy (non-hydrogen) atoms. The van der Waals surface area contributed by atoms with Crippen LogP contribution in [0.5, 0.6) is 11.5 Å². The minimum atomic E-state index is -0.898. The monoisotopic (exact) mass is 1010 g/mol. The number of aryl methyl sites for hydroxylation is 2. The summed E-state index contributed by atoms with van der Waals surface area (Å²) in [6.45, 7) is 3.42. The smallest absolute Gasteiger partial charge is 0.306 e. The number of tetrazole rings is 1. The zero-order valence-electron chi connectivity index (χ0n) is 41.8. The van der Waals surface area contributed by atoms with Gasteiger partial charge in [0.1, 0.15) is 25.6 Å². The number of nitrogens with zero attached hydrogens (tertiary/aromatic N) is 6. The highest BCUT2D eigenvalue weighted by Crippen LogP contribution is 2.41. The molecule has 11 heteroatoms. The molecule has 2 aromatic heterocycles. The summed E-state index contributed by atoms with van der Waals surface area (Å²) < 4.78 is 20.6. The summed E-state index contributed by atoms with van der Waals surface area (Å²) in [4.78, 5) is 20.0. The van der Waals surface area contributed by atoms with E-state index in [-0.39, 0.29) is 19.0 Å². The summed E-state index contributed by atoms with van der Waals surface area (Å²) in [5.41, 5.74) is 9.69. The Kier molecular flexibility index (Phi) is 16.0. The van der Waals surface area contributed by atoms with E-state index in [2.05, 4.69) is 78.2 Å². The van der Waals surface area contributed by atoms with Crippen molar-refractivity contribution in [2.75, 3.05) is 0 Å². The average Bonchev–Trinajstić information content (AvgIpc) is 4.11. The number of hydrogen-bond donors (Lipinski definition) is 0. The molecule has 2 heterocycles. The first-order valence-electron chi connectivity index (χ1n) is 25.5. The molecule has 0 N–H and O–H groups in total. The number of aromatic nitrogens is 6. The molecule has 0 unspecified atom stereocenters. The predicted octanol–water partition coefficient (Wildman–Crippen LogP) is 13.9. The molecule has 0 saturated carbocycles. The third-order valence-electron chi connectivity index (χ3n) is 13.4. The number of hydrogen-bond acceptors (Lipinski definition) is 8.